The molecule has 0 radical (unpaired) electrons. The van der Waals surface area contributed by atoms with Crippen LogP contribution < -0.4 is 4.74 Å². The van der Waals surface area contributed by atoms with Crippen molar-refractivity contribution >= 4 is 27.0 Å². The molecule has 0 bridgehead atoms. The van der Waals surface area contributed by atoms with E-state index in [1.165, 1.54) is 18.4 Å². The maximum Gasteiger partial charge on any atom is 0.136 e. The number of imidazole rings is 1. The molecule has 7 heteroatoms. The number of aromatic nitrogens is 5. The van der Waals surface area contributed by atoms with Gasteiger partial charge >= 0.3 is 0 Å². The summed E-state index contributed by atoms with van der Waals surface area (Å²) >= 11 is 3.65. The van der Waals surface area contributed by atoms with Crippen molar-refractivity contribution in [2.24, 2.45) is 5.92 Å². The van der Waals surface area contributed by atoms with Crippen LogP contribution in [0.5, 0.6) is 5.75 Å². The minimum Gasteiger partial charge on any atom is -0.486 e. The molecule has 4 aromatic rings. The average molecular weight is 438 g/mol. The third-order valence-electron chi connectivity index (χ3n) is 5.09. The maximum absolute atomic E-state index is 6.09. The molecule has 6 nitrogen and oxygen atoms in total. The highest BCUT2D eigenvalue weighted by atomic mass is 79.9. The number of hydrogen-bond acceptors (Lipinski definition) is 4. The molecule has 0 aliphatic heterocycles. The Labute approximate surface area is 171 Å². The first-order valence-corrected chi connectivity index (χ1v) is 10.2. The Bertz CT molecular complexity index is 1100. The number of nitrogens with zero attached hydrogens (tertiary/aromatic N) is 5. The molecule has 0 saturated heterocycles. The Morgan fingerprint density at radius 2 is 1.96 bits per heavy atom. The molecule has 5 rings (SSSR count). The van der Waals surface area contributed by atoms with Crippen molar-refractivity contribution in [3.8, 4) is 5.75 Å². The van der Waals surface area contributed by atoms with Crippen LogP contribution in [0.2, 0.25) is 0 Å². The van der Waals surface area contributed by atoms with Crippen LogP contribution in [0.3, 0.4) is 0 Å². The van der Waals surface area contributed by atoms with Crippen molar-refractivity contribution in [3.63, 3.8) is 0 Å². The minimum atomic E-state index is 0.438. The molecule has 28 heavy (non-hydrogen) atoms. The van der Waals surface area contributed by atoms with Crippen LogP contribution in [0.1, 0.15) is 24.1 Å². The van der Waals surface area contributed by atoms with Crippen molar-refractivity contribution in [1.29, 1.82) is 0 Å². The quantitative estimate of drug-likeness (QED) is 0.429. The highest BCUT2D eigenvalue weighted by Gasteiger charge is 2.23. The van der Waals surface area contributed by atoms with E-state index >= 15 is 0 Å². The van der Waals surface area contributed by atoms with E-state index in [0.717, 1.165) is 46.0 Å². The first kappa shape index (κ1) is 17.4. The molecular formula is C21H20BrN5O. The number of hydrogen-bond donors (Lipinski definition) is 0. The van der Waals surface area contributed by atoms with Gasteiger partial charge in [-0.05, 0) is 52.4 Å². The third-order valence-corrected chi connectivity index (χ3v) is 5.85. The van der Waals surface area contributed by atoms with E-state index in [1.807, 2.05) is 47.5 Å². The van der Waals surface area contributed by atoms with Gasteiger partial charge in [-0.1, -0.05) is 35.5 Å². The number of ether oxygens (including phenoxy) is 1. The monoisotopic (exact) mass is 437 g/mol. The molecule has 2 heterocycles. The van der Waals surface area contributed by atoms with E-state index in [0.29, 0.717) is 6.61 Å². The fourth-order valence-electron chi connectivity index (χ4n) is 3.32. The van der Waals surface area contributed by atoms with E-state index in [1.54, 1.807) is 0 Å². The van der Waals surface area contributed by atoms with Crippen LogP contribution in [0, 0.1) is 5.92 Å². The van der Waals surface area contributed by atoms with Crippen LogP contribution in [-0.4, -0.2) is 24.5 Å². The number of halogens is 1. The lowest BCUT2D eigenvalue weighted by Crippen LogP contribution is -2.06. The Kier molecular flexibility index (Phi) is 4.60. The normalized spacial score (nSPS) is 13.9. The Hall–Kier alpha value is -2.67. The van der Waals surface area contributed by atoms with Crippen LogP contribution >= 0.6 is 15.9 Å². The summed E-state index contributed by atoms with van der Waals surface area (Å²) in [7, 11) is 0. The molecule has 0 N–H and O–H groups in total. The standard InChI is InChI=1S/C21H20BrN5O/c22-20-19(9-8-18-21(20)24-25-27(18)12-16-6-7-16)28-13-17-10-23-14-26(17)11-15-4-2-1-3-5-15/h1-5,8-10,14,16H,6-7,11-13H2. The van der Waals surface area contributed by atoms with Gasteiger partial charge < -0.3 is 9.30 Å². The summed E-state index contributed by atoms with van der Waals surface area (Å²) in [6.45, 7) is 2.16. The second kappa shape index (κ2) is 7.39. The highest BCUT2D eigenvalue weighted by molar-refractivity contribution is 9.10. The lowest BCUT2D eigenvalue weighted by molar-refractivity contribution is 0.294. The minimum absolute atomic E-state index is 0.438. The summed E-state index contributed by atoms with van der Waals surface area (Å²) in [5, 5.41) is 8.66. The lowest BCUT2D eigenvalue weighted by atomic mass is 10.2. The van der Waals surface area contributed by atoms with Gasteiger partial charge in [0.2, 0.25) is 0 Å². The summed E-state index contributed by atoms with van der Waals surface area (Å²) in [6.07, 6.45) is 6.27. The Morgan fingerprint density at radius 1 is 1.11 bits per heavy atom. The molecule has 2 aromatic carbocycles. The smallest absolute Gasteiger partial charge is 0.136 e. The highest BCUT2D eigenvalue weighted by Crippen LogP contribution is 2.35. The van der Waals surface area contributed by atoms with E-state index in [2.05, 4.69) is 47.9 Å². The maximum atomic E-state index is 6.09. The summed E-state index contributed by atoms with van der Waals surface area (Å²) in [5.74, 6) is 1.52. The molecule has 2 aromatic heterocycles. The van der Waals surface area contributed by atoms with E-state index in [9.17, 15) is 0 Å². The van der Waals surface area contributed by atoms with Crippen LogP contribution in [0.15, 0.2) is 59.5 Å². The number of rotatable bonds is 7. The predicted octanol–water partition coefficient (Wildman–Crippen LogP) is 4.43. The molecule has 1 saturated carbocycles. The first-order chi connectivity index (χ1) is 13.8. The summed E-state index contributed by atoms with van der Waals surface area (Å²) in [5.41, 5.74) is 4.14. The molecule has 0 spiro atoms. The molecule has 142 valence electrons. The van der Waals surface area contributed by atoms with Gasteiger partial charge in [0, 0.05) is 13.1 Å². The predicted molar refractivity (Wildman–Crippen MR) is 110 cm³/mol. The molecular weight excluding hydrogens is 418 g/mol. The van der Waals surface area contributed by atoms with Crippen molar-refractivity contribution in [2.75, 3.05) is 0 Å². The fourth-order valence-corrected chi connectivity index (χ4v) is 3.85. The second-order valence-electron chi connectivity index (χ2n) is 7.25. The van der Waals surface area contributed by atoms with Gasteiger partial charge in [-0.25, -0.2) is 9.67 Å². The fraction of sp³-hybridized carbons (Fsp3) is 0.286. The largest absolute Gasteiger partial charge is 0.486 e. The van der Waals surface area contributed by atoms with Gasteiger partial charge in [0.15, 0.2) is 0 Å². The van der Waals surface area contributed by atoms with E-state index < -0.39 is 0 Å². The average Bonchev–Trinajstić information content (AvgIpc) is 3.27. The van der Waals surface area contributed by atoms with Gasteiger partial charge in [0.05, 0.1) is 28.2 Å². The summed E-state index contributed by atoms with van der Waals surface area (Å²) < 4.78 is 11.0. The van der Waals surface area contributed by atoms with Crippen LogP contribution in [0.4, 0.5) is 0 Å². The van der Waals surface area contributed by atoms with Gasteiger partial charge in [-0.15, -0.1) is 5.10 Å². The van der Waals surface area contributed by atoms with Crippen molar-refractivity contribution in [3.05, 3.63) is 70.7 Å². The van der Waals surface area contributed by atoms with Crippen molar-refractivity contribution in [2.45, 2.75) is 32.5 Å². The molecule has 1 aliphatic rings. The molecule has 0 atom stereocenters. The van der Waals surface area contributed by atoms with Crippen molar-refractivity contribution < 1.29 is 4.74 Å². The lowest BCUT2D eigenvalue weighted by Gasteiger charge is -2.11. The SMILES string of the molecule is Brc1c(OCc2cncn2Cc2ccccc2)ccc2c1nnn2CC1CC1. The third kappa shape index (κ3) is 3.54. The number of fused-ring (bicyclic) bond motifs is 1. The summed E-state index contributed by atoms with van der Waals surface area (Å²) in [4.78, 5) is 4.29. The van der Waals surface area contributed by atoms with Gasteiger partial charge in [0.25, 0.3) is 0 Å². The molecule has 0 amide bonds. The van der Waals surface area contributed by atoms with E-state index in [-0.39, 0.29) is 0 Å². The van der Waals surface area contributed by atoms with Crippen LogP contribution in [-0.2, 0) is 19.7 Å². The zero-order valence-electron chi connectivity index (χ0n) is 15.3. The summed E-state index contributed by atoms with van der Waals surface area (Å²) in [6, 6.07) is 14.4. The zero-order chi connectivity index (χ0) is 18.9. The van der Waals surface area contributed by atoms with Gasteiger partial charge in [-0.3, -0.25) is 0 Å². The molecule has 0 unspecified atom stereocenters. The molecule has 1 fully saturated rings. The van der Waals surface area contributed by atoms with E-state index in [4.69, 9.17) is 4.74 Å². The van der Waals surface area contributed by atoms with Crippen LogP contribution in [0.25, 0.3) is 11.0 Å². The zero-order valence-corrected chi connectivity index (χ0v) is 16.9. The topological polar surface area (TPSA) is 57.8 Å². The number of benzene rings is 2. The first-order valence-electron chi connectivity index (χ1n) is 9.45. The van der Waals surface area contributed by atoms with Crippen molar-refractivity contribution in [1.82, 2.24) is 24.5 Å². The van der Waals surface area contributed by atoms with Gasteiger partial charge in [-0.2, -0.15) is 0 Å². The second-order valence-corrected chi connectivity index (χ2v) is 8.04. The molecule has 1 aliphatic carbocycles. The van der Waals surface area contributed by atoms with Gasteiger partial charge in [0.1, 0.15) is 17.9 Å². The Morgan fingerprint density at radius 3 is 2.79 bits per heavy atom. The Balaban J connectivity index is 1.32.